The maximum absolute atomic E-state index is 5.99. The quantitative estimate of drug-likeness (QED) is 0.815. The summed E-state index contributed by atoms with van der Waals surface area (Å²) in [6.45, 7) is 4.30. The molecule has 1 aromatic rings. The molecule has 2 N–H and O–H groups in total. The van der Waals surface area contributed by atoms with Crippen LogP contribution < -0.4 is 5.73 Å². The van der Waals surface area contributed by atoms with Gasteiger partial charge in [0.15, 0.2) is 0 Å². The Morgan fingerprint density at radius 1 is 1.46 bits per heavy atom. The van der Waals surface area contributed by atoms with Crippen LogP contribution in [-0.2, 0) is 0 Å². The highest BCUT2D eigenvalue weighted by molar-refractivity contribution is 5.85. The fourth-order valence-corrected chi connectivity index (χ4v) is 1.12. The molecule has 0 aliphatic rings. The van der Waals surface area contributed by atoms with Crippen molar-refractivity contribution in [3.8, 4) is 0 Å². The number of aromatic nitrogens is 1. The van der Waals surface area contributed by atoms with Gasteiger partial charge in [0.05, 0.1) is 5.69 Å². The number of pyridine rings is 1. The zero-order chi connectivity index (χ0) is 8.97. The van der Waals surface area contributed by atoms with Gasteiger partial charge in [0.2, 0.25) is 0 Å². The fourth-order valence-electron chi connectivity index (χ4n) is 1.12. The second kappa shape index (κ2) is 5.95. The number of rotatable bonds is 3. The van der Waals surface area contributed by atoms with Crippen LogP contribution in [0.3, 0.4) is 0 Å². The molecule has 0 saturated heterocycles. The van der Waals surface area contributed by atoms with Gasteiger partial charge in [-0.1, -0.05) is 26.3 Å². The van der Waals surface area contributed by atoms with Gasteiger partial charge in [0.1, 0.15) is 0 Å². The van der Waals surface area contributed by atoms with E-state index in [0.29, 0.717) is 5.92 Å². The van der Waals surface area contributed by atoms with Gasteiger partial charge in [0.25, 0.3) is 0 Å². The Balaban J connectivity index is 0.00000144. The lowest BCUT2D eigenvalue weighted by molar-refractivity contribution is 0.448. The second-order valence-electron chi connectivity index (χ2n) is 3.17. The first kappa shape index (κ1) is 12.4. The predicted octanol–water partition coefficient (Wildman–Crippen LogP) is 2.55. The van der Waals surface area contributed by atoms with Crippen molar-refractivity contribution in [2.45, 2.75) is 26.3 Å². The van der Waals surface area contributed by atoms with Gasteiger partial charge in [-0.15, -0.1) is 12.4 Å². The number of hydrogen-bond donors (Lipinski definition) is 1. The largest absolute Gasteiger partial charge is 0.322 e. The first-order valence-electron chi connectivity index (χ1n) is 4.42. The third kappa shape index (κ3) is 3.33. The summed E-state index contributed by atoms with van der Waals surface area (Å²) in [6, 6.07) is 5.95. The van der Waals surface area contributed by atoms with Crippen LogP contribution in [0.4, 0.5) is 0 Å². The molecule has 1 unspecified atom stereocenters. The van der Waals surface area contributed by atoms with E-state index < -0.39 is 0 Å². The highest BCUT2D eigenvalue weighted by atomic mass is 35.5. The number of nitrogens with two attached hydrogens (primary N) is 1. The van der Waals surface area contributed by atoms with E-state index in [2.05, 4.69) is 18.8 Å². The average molecular weight is 201 g/mol. The van der Waals surface area contributed by atoms with E-state index in [0.717, 1.165) is 12.1 Å². The third-order valence-corrected chi connectivity index (χ3v) is 2.29. The molecule has 0 amide bonds. The van der Waals surface area contributed by atoms with Crippen molar-refractivity contribution in [1.82, 2.24) is 4.98 Å². The Morgan fingerprint density at radius 3 is 2.62 bits per heavy atom. The van der Waals surface area contributed by atoms with Crippen LogP contribution in [0.15, 0.2) is 24.4 Å². The maximum atomic E-state index is 5.99. The zero-order valence-corrected chi connectivity index (χ0v) is 8.92. The molecule has 0 aromatic carbocycles. The Bertz CT molecular complexity index is 226. The van der Waals surface area contributed by atoms with Gasteiger partial charge >= 0.3 is 0 Å². The summed E-state index contributed by atoms with van der Waals surface area (Å²) in [7, 11) is 0. The summed E-state index contributed by atoms with van der Waals surface area (Å²) in [5.74, 6) is 0.500. The monoisotopic (exact) mass is 200 g/mol. The lowest BCUT2D eigenvalue weighted by Gasteiger charge is -2.16. The van der Waals surface area contributed by atoms with Crippen molar-refractivity contribution < 1.29 is 0 Å². The molecule has 0 aliphatic carbocycles. The molecule has 0 bridgehead atoms. The summed E-state index contributed by atoms with van der Waals surface area (Å²) < 4.78 is 0. The second-order valence-corrected chi connectivity index (χ2v) is 3.17. The van der Waals surface area contributed by atoms with Crippen LogP contribution in [-0.4, -0.2) is 4.98 Å². The minimum atomic E-state index is 0. The summed E-state index contributed by atoms with van der Waals surface area (Å²) in [4.78, 5) is 4.22. The molecular weight excluding hydrogens is 184 g/mol. The molecule has 0 aliphatic heterocycles. The van der Waals surface area contributed by atoms with Gasteiger partial charge < -0.3 is 5.73 Å². The van der Waals surface area contributed by atoms with E-state index in [4.69, 9.17) is 5.73 Å². The molecule has 1 aromatic heterocycles. The Hall–Kier alpha value is -0.600. The van der Waals surface area contributed by atoms with Crippen LogP contribution in [0, 0.1) is 5.92 Å². The van der Waals surface area contributed by atoms with Gasteiger partial charge in [-0.05, 0) is 18.1 Å². The van der Waals surface area contributed by atoms with E-state index in [-0.39, 0.29) is 18.4 Å². The average Bonchev–Trinajstić information content (AvgIpc) is 2.17. The van der Waals surface area contributed by atoms with Gasteiger partial charge in [-0.3, -0.25) is 4.98 Å². The van der Waals surface area contributed by atoms with Crippen molar-refractivity contribution in [3.05, 3.63) is 30.1 Å². The van der Waals surface area contributed by atoms with Crippen LogP contribution in [0.25, 0.3) is 0 Å². The lowest BCUT2D eigenvalue weighted by atomic mass is 9.97. The van der Waals surface area contributed by atoms with Crippen molar-refractivity contribution in [2.75, 3.05) is 0 Å². The maximum Gasteiger partial charge on any atom is 0.0573 e. The van der Waals surface area contributed by atoms with Crippen molar-refractivity contribution in [3.63, 3.8) is 0 Å². The van der Waals surface area contributed by atoms with Crippen LogP contribution in [0.1, 0.15) is 32.0 Å². The molecule has 2 atom stereocenters. The van der Waals surface area contributed by atoms with Crippen molar-refractivity contribution in [1.29, 1.82) is 0 Å². The molecule has 0 fully saturated rings. The van der Waals surface area contributed by atoms with E-state index >= 15 is 0 Å². The highest BCUT2D eigenvalue weighted by Crippen LogP contribution is 2.18. The van der Waals surface area contributed by atoms with Gasteiger partial charge in [-0.25, -0.2) is 0 Å². The zero-order valence-electron chi connectivity index (χ0n) is 8.10. The number of halogens is 1. The summed E-state index contributed by atoms with van der Waals surface area (Å²) in [5.41, 5.74) is 6.98. The molecule has 74 valence electrons. The standard InChI is InChI=1S/C10H16N2.ClH/c1-3-8(2)10(11)9-6-4-5-7-12-9;/h4-8,10H,3,11H2,1-2H3;1H/t8?,10-;/m1./s1. The van der Waals surface area contributed by atoms with Gasteiger partial charge in [0, 0.05) is 12.2 Å². The molecular formula is C10H17ClN2. The molecule has 13 heavy (non-hydrogen) atoms. The first-order valence-corrected chi connectivity index (χ1v) is 4.42. The van der Waals surface area contributed by atoms with Crippen molar-refractivity contribution >= 4 is 12.4 Å². The van der Waals surface area contributed by atoms with E-state index in [1.54, 1.807) is 6.20 Å². The molecule has 0 saturated carbocycles. The lowest BCUT2D eigenvalue weighted by Crippen LogP contribution is -2.19. The highest BCUT2D eigenvalue weighted by Gasteiger charge is 2.12. The molecule has 0 radical (unpaired) electrons. The molecule has 1 heterocycles. The van der Waals surface area contributed by atoms with E-state index in [1.807, 2.05) is 18.2 Å². The SMILES string of the molecule is CCC(C)[C@@H](N)c1ccccn1.Cl. The minimum absolute atomic E-state index is 0. The van der Waals surface area contributed by atoms with Crippen LogP contribution in [0.5, 0.6) is 0 Å². The molecule has 1 rings (SSSR count). The molecule has 2 nitrogen and oxygen atoms in total. The normalized spacial score (nSPS) is 14.4. The topological polar surface area (TPSA) is 38.9 Å². The van der Waals surface area contributed by atoms with E-state index in [1.165, 1.54) is 0 Å². The van der Waals surface area contributed by atoms with Crippen molar-refractivity contribution in [2.24, 2.45) is 11.7 Å². The van der Waals surface area contributed by atoms with Gasteiger partial charge in [-0.2, -0.15) is 0 Å². The summed E-state index contributed by atoms with van der Waals surface area (Å²) in [6.07, 6.45) is 2.88. The Kier molecular flexibility index (Phi) is 5.67. The summed E-state index contributed by atoms with van der Waals surface area (Å²) >= 11 is 0. The van der Waals surface area contributed by atoms with Crippen LogP contribution >= 0.6 is 12.4 Å². The fraction of sp³-hybridized carbons (Fsp3) is 0.500. The minimum Gasteiger partial charge on any atom is -0.322 e. The summed E-state index contributed by atoms with van der Waals surface area (Å²) in [5, 5.41) is 0. The Labute approximate surface area is 86.0 Å². The van der Waals surface area contributed by atoms with E-state index in [9.17, 15) is 0 Å². The number of nitrogens with zero attached hydrogens (tertiary/aromatic N) is 1. The first-order chi connectivity index (χ1) is 5.75. The smallest absolute Gasteiger partial charge is 0.0573 e. The Morgan fingerprint density at radius 2 is 2.15 bits per heavy atom. The number of hydrogen-bond acceptors (Lipinski definition) is 2. The third-order valence-electron chi connectivity index (χ3n) is 2.29. The van der Waals surface area contributed by atoms with Crippen LogP contribution in [0.2, 0.25) is 0 Å². The molecule has 3 heteroatoms. The predicted molar refractivity (Wildman–Crippen MR) is 57.9 cm³/mol. The molecule has 0 spiro atoms.